The van der Waals surface area contributed by atoms with Crippen molar-refractivity contribution >= 4 is 27.3 Å². The van der Waals surface area contributed by atoms with Crippen molar-refractivity contribution in [2.24, 2.45) is 0 Å². The van der Waals surface area contributed by atoms with E-state index < -0.39 is 15.8 Å². The average molecular weight is 389 g/mol. The third-order valence-electron chi connectivity index (χ3n) is 4.43. The second-order valence-electron chi connectivity index (χ2n) is 5.98. The summed E-state index contributed by atoms with van der Waals surface area (Å²) in [6.45, 7) is 0.340. The van der Waals surface area contributed by atoms with Gasteiger partial charge in [0.05, 0.1) is 15.6 Å². The molecule has 0 N–H and O–H groups in total. The van der Waals surface area contributed by atoms with Crippen LogP contribution in [0.2, 0.25) is 5.02 Å². The minimum atomic E-state index is -3.80. The van der Waals surface area contributed by atoms with Crippen LogP contribution >= 0.6 is 11.6 Å². The summed E-state index contributed by atoms with van der Waals surface area (Å²) in [6, 6.07) is 13.0. The molecule has 0 bridgehead atoms. The third-order valence-corrected chi connectivity index (χ3v) is 6.52. The highest BCUT2D eigenvalue weighted by Gasteiger charge is 2.31. The molecule has 0 radical (unpaired) electrons. The minimum absolute atomic E-state index is 0.0186. The number of halogens is 2. The molecule has 1 aromatic heterocycles. The molecule has 0 fully saturated rings. The van der Waals surface area contributed by atoms with Crippen LogP contribution in [0.4, 0.5) is 10.1 Å². The first-order valence-electron chi connectivity index (χ1n) is 7.98. The molecule has 0 saturated carbocycles. The Bertz CT molecular complexity index is 1090. The number of nitrogens with zero attached hydrogens (tertiary/aromatic N) is 2. The van der Waals surface area contributed by atoms with Crippen LogP contribution in [-0.4, -0.2) is 19.9 Å². The third kappa shape index (κ3) is 2.85. The van der Waals surface area contributed by atoms with Crippen LogP contribution in [0, 0.1) is 5.82 Å². The standard InChI is InChI=1S/C19H14ClFN2O2S/c20-17-12-16(2-3-18(17)21)26(24,25)23-10-7-15-11-14(1-4-19(15)23)13-5-8-22-9-6-13/h1-6,8-9,11-12H,7,10H2. The second-order valence-corrected chi connectivity index (χ2v) is 8.25. The van der Waals surface area contributed by atoms with E-state index >= 15 is 0 Å². The number of hydrogen-bond donors (Lipinski definition) is 0. The van der Waals surface area contributed by atoms with Crippen LogP contribution in [0.25, 0.3) is 11.1 Å². The molecule has 0 spiro atoms. The predicted molar refractivity (Wildman–Crippen MR) is 99.3 cm³/mol. The molecule has 4 rings (SSSR count). The first-order chi connectivity index (χ1) is 12.5. The van der Waals surface area contributed by atoms with Crippen molar-refractivity contribution in [1.29, 1.82) is 0 Å². The zero-order chi connectivity index (χ0) is 18.3. The van der Waals surface area contributed by atoms with Crippen LogP contribution in [0.1, 0.15) is 5.56 Å². The van der Waals surface area contributed by atoms with E-state index in [4.69, 9.17) is 11.6 Å². The highest BCUT2D eigenvalue weighted by molar-refractivity contribution is 7.92. The summed E-state index contributed by atoms with van der Waals surface area (Å²) in [5.74, 6) is -0.644. The van der Waals surface area contributed by atoms with Gasteiger partial charge in [0.1, 0.15) is 5.82 Å². The largest absolute Gasteiger partial charge is 0.266 e. The molecule has 1 aliphatic rings. The molecular formula is C19H14ClFN2O2S. The van der Waals surface area contributed by atoms with Crippen molar-refractivity contribution < 1.29 is 12.8 Å². The number of hydrogen-bond acceptors (Lipinski definition) is 3. The molecule has 2 heterocycles. The fourth-order valence-electron chi connectivity index (χ4n) is 3.11. The molecule has 26 heavy (non-hydrogen) atoms. The van der Waals surface area contributed by atoms with Gasteiger partial charge >= 0.3 is 0 Å². The summed E-state index contributed by atoms with van der Waals surface area (Å²) in [5.41, 5.74) is 3.63. The van der Waals surface area contributed by atoms with Gasteiger partial charge in [-0.25, -0.2) is 12.8 Å². The Balaban J connectivity index is 1.72. The van der Waals surface area contributed by atoms with Crippen LogP contribution in [0.5, 0.6) is 0 Å². The van der Waals surface area contributed by atoms with Gasteiger partial charge in [-0.05, 0) is 65.6 Å². The predicted octanol–water partition coefficient (Wildman–Crippen LogP) is 4.29. The van der Waals surface area contributed by atoms with Crippen molar-refractivity contribution in [3.63, 3.8) is 0 Å². The van der Waals surface area contributed by atoms with Crippen molar-refractivity contribution in [1.82, 2.24) is 4.98 Å². The first kappa shape index (κ1) is 17.0. The lowest BCUT2D eigenvalue weighted by Crippen LogP contribution is -2.29. The molecular weight excluding hydrogens is 375 g/mol. The maximum atomic E-state index is 13.4. The zero-order valence-electron chi connectivity index (χ0n) is 13.6. The summed E-state index contributed by atoms with van der Waals surface area (Å²) in [5, 5.41) is -0.210. The zero-order valence-corrected chi connectivity index (χ0v) is 15.1. The van der Waals surface area contributed by atoms with Crippen LogP contribution in [0.3, 0.4) is 0 Å². The Hall–Kier alpha value is -2.44. The molecule has 0 aliphatic carbocycles. The van der Waals surface area contributed by atoms with E-state index in [1.165, 1.54) is 10.4 Å². The van der Waals surface area contributed by atoms with Crippen LogP contribution in [-0.2, 0) is 16.4 Å². The monoisotopic (exact) mass is 388 g/mol. The Morgan fingerprint density at radius 3 is 2.50 bits per heavy atom. The lowest BCUT2D eigenvalue weighted by molar-refractivity contribution is 0.591. The van der Waals surface area contributed by atoms with E-state index in [0.717, 1.165) is 28.8 Å². The topological polar surface area (TPSA) is 50.3 Å². The number of fused-ring (bicyclic) bond motifs is 1. The lowest BCUT2D eigenvalue weighted by atomic mass is 10.0. The molecule has 3 aromatic rings. The van der Waals surface area contributed by atoms with E-state index in [0.29, 0.717) is 18.7 Å². The molecule has 0 amide bonds. The number of anilines is 1. The van der Waals surface area contributed by atoms with Crippen molar-refractivity contribution in [2.45, 2.75) is 11.3 Å². The first-order valence-corrected chi connectivity index (χ1v) is 9.80. The lowest BCUT2D eigenvalue weighted by Gasteiger charge is -2.20. The maximum Gasteiger partial charge on any atom is 0.264 e. The van der Waals surface area contributed by atoms with Gasteiger partial charge in [-0.1, -0.05) is 17.7 Å². The molecule has 7 heteroatoms. The fourth-order valence-corrected chi connectivity index (χ4v) is 4.88. The normalized spacial score (nSPS) is 13.7. The summed E-state index contributed by atoms with van der Waals surface area (Å²) in [4.78, 5) is 3.99. The number of sulfonamides is 1. The molecule has 1 aliphatic heterocycles. The smallest absolute Gasteiger partial charge is 0.264 e. The van der Waals surface area contributed by atoms with Gasteiger partial charge in [0, 0.05) is 18.9 Å². The fraction of sp³-hybridized carbons (Fsp3) is 0.105. The van der Waals surface area contributed by atoms with Gasteiger partial charge in [-0.3, -0.25) is 9.29 Å². The van der Waals surface area contributed by atoms with E-state index in [9.17, 15) is 12.8 Å². The SMILES string of the molecule is O=S(=O)(c1ccc(F)c(Cl)c1)N1CCc2cc(-c3ccncc3)ccc21. The van der Waals surface area contributed by atoms with E-state index in [-0.39, 0.29) is 9.92 Å². The second kappa shape index (κ2) is 6.37. The van der Waals surface area contributed by atoms with Crippen molar-refractivity contribution in [3.05, 3.63) is 77.3 Å². The van der Waals surface area contributed by atoms with Gasteiger partial charge in [-0.2, -0.15) is 0 Å². The number of benzene rings is 2. The quantitative estimate of drug-likeness (QED) is 0.672. The molecule has 2 aromatic carbocycles. The minimum Gasteiger partial charge on any atom is -0.266 e. The van der Waals surface area contributed by atoms with Crippen LogP contribution < -0.4 is 4.31 Å². The van der Waals surface area contributed by atoms with Gasteiger partial charge in [0.25, 0.3) is 10.0 Å². The number of rotatable bonds is 3. The number of pyridine rings is 1. The highest BCUT2D eigenvalue weighted by atomic mass is 35.5. The van der Waals surface area contributed by atoms with Crippen molar-refractivity contribution in [2.75, 3.05) is 10.8 Å². The molecule has 4 nitrogen and oxygen atoms in total. The van der Waals surface area contributed by atoms with Crippen molar-refractivity contribution in [3.8, 4) is 11.1 Å². The maximum absolute atomic E-state index is 13.4. The van der Waals surface area contributed by atoms with E-state index in [2.05, 4.69) is 4.98 Å². The van der Waals surface area contributed by atoms with Gasteiger partial charge in [-0.15, -0.1) is 0 Å². The Labute approximate surface area is 155 Å². The Morgan fingerprint density at radius 2 is 1.77 bits per heavy atom. The van der Waals surface area contributed by atoms with E-state index in [1.54, 1.807) is 18.5 Å². The molecule has 0 unspecified atom stereocenters. The average Bonchev–Trinajstić information content (AvgIpc) is 3.08. The Morgan fingerprint density at radius 1 is 1.00 bits per heavy atom. The van der Waals surface area contributed by atoms with E-state index in [1.807, 2.05) is 24.3 Å². The molecule has 132 valence electrons. The summed E-state index contributed by atoms with van der Waals surface area (Å²) < 4.78 is 40.6. The molecule has 0 atom stereocenters. The summed E-state index contributed by atoms with van der Waals surface area (Å²) >= 11 is 5.75. The van der Waals surface area contributed by atoms with Gasteiger partial charge in [0.2, 0.25) is 0 Å². The van der Waals surface area contributed by atoms with Crippen LogP contribution in [0.15, 0.2) is 65.8 Å². The summed E-state index contributed by atoms with van der Waals surface area (Å²) in [6.07, 6.45) is 4.05. The van der Waals surface area contributed by atoms with Gasteiger partial charge in [0.15, 0.2) is 0 Å². The Kier molecular flexibility index (Phi) is 4.17. The molecule has 0 saturated heterocycles. The highest BCUT2D eigenvalue weighted by Crippen LogP contribution is 2.36. The summed E-state index contributed by atoms with van der Waals surface area (Å²) in [7, 11) is -3.80. The number of aromatic nitrogens is 1. The van der Waals surface area contributed by atoms with Gasteiger partial charge < -0.3 is 0 Å².